The Hall–Kier alpha value is -3.54. The number of nitrogens with one attached hydrogen (secondary N) is 2. The molecule has 1 atom stereocenters. The number of amides is 1. The smallest absolute Gasteiger partial charge is 0.340 e. The van der Waals surface area contributed by atoms with Gasteiger partial charge in [-0.2, -0.15) is 0 Å². The number of rotatable bonds is 4. The highest BCUT2D eigenvalue weighted by Gasteiger charge is 2.39. The van der Waals surface area contributed by atoms with Gasteiger partial charge in [-0.25, -0.2) is 4.79 Å². The summed E-state index contributed by atoms with van der Waals surface area (Å²) in [5.74, 6) is -0.646. The molecule has 148 valence electrons. The molecule has 29 heavy (non-hydrogen) atoms. The lowest BCUT2D eigenvalue weighted by molar-refractivity contribution is -0.116. The first-order chi connectivity index (χ1) is 14.0. The first-order valence-corrected chi connectivity index (χ1v) is 9.31. The lowest BCUT2D eigenvalue weighted by Gasteiger charge is -2.15. The van der Waals surface area contributed by atoms with Crippen LogP contribution in [0, 0.1) is 13.8 Å². The number of anilines is 1. The number of para-hydroxylation sites is 1. The summed E-state index contributed by atoms with van der Waals surface area (Å²) in [6, 6.07) is 13.3. The molecule has 4 rings (SSSR count). The Labute approximate surface area is 168 Å². The molecule has 0 spiro atoms. The van der Waals surface area contributed by atoms with Crippen LogP contribution in [-0.4, -0.2) is 31.1 Å². The van der Waals surface area contributed by atoms with Gasteiger partial charge in [-0.15, -0.1) is 0 Å². The number of benzene rings is 2. The summed E-state index contributed by atoms with van der Waals surface area (Å²) in [5, 5.41) is 2.94. The number of hydrogen-bond donors (Lipinski definition) is 2. The summed E-state index contributed by atoms with van der Waals surface area (Å²) in [6.45, 7) is 3.78. The average molecular weight is 390 g/mol. The number of fused-ring (bicyclic) bond motifs is 1. The maximum Gasteiger partial charge on any atom is 0.340 e. The third-order valence-electron chi connectivity index (χ3n) is 5.32. The Morgan fingerprint density at radius 1 is 1.07 bits per heavy atom. The van der Waals surface area contributed by atoms with E-state index in [1.807, 2.05) is 49.4 Å². The fourth-order valence-electron chi connectivity index (χ4n) is 4.03. The van der Waals surface area contributed by atoms with E-state index in [2.05, 4.69) is 10.3 Å². The molecule has 0 fully saturated rings. The average Bonchev–Trinajstić information content (AvgIpc) is 3.22. The number of aromatic amines is 1. The summed E-state index contributed by atoms with van der Waals surface area (Å²) in [5.41, 5.74) is 5.70. The van der Waals surface area contributed by atoms with Gasteiger partial charge >= 0.3 is 5.97 Å². The number of hydrogen-bond acceptors (Lipinski definition) is 4. The Bertz CT molecular complexity index is 1130. The van der Waals surface area contributed by atoms with E-state index in [0.29, 0.717) is 28.3 Å². The monoisotopic (exact) mass is 390 g/mol. The van der Waals surface area contributed by atoms with Crippen LogP contribution in [0.25, 0.3) is 11.3 Å². The van der Waals surface area contributed by atoms with E-state index in [1.165, 1.54) is 7.11 Å². The van der Waals surface area contributed by atoms with E-state index in [-0.39, 0.29) is 5.91 Å². The summed E-state index contributed by atoms with van der Waals surface area (Å²) < 4.78 is 10.6. The highest BCUT2D eigenvalue weighted by atomic mass is 16.5. The molecule has 3 aromatic rings. The van der Waals surface area contributed by atoms with Gasteiger partial charge < -0.3 is 19.8 Å². The van der Waals surface area contributed by atoms with Crippen molar-refractivity contribution in [3.05, 3.63) is 70.4 Å². The van der Waals surface area contributed by atoms with Gasteiger partial charge in [0.2, 0.25) is 5.91 Å². The summed E-state index contributed by atoms with van der Waals surface area (Å²) in [4.78, 5) is 29.0. The molecule has 2 aromatic carbocycles. The van der Waals surface area contributed by atoms with Crippen LogP contribution in [-0.2, 0) is 9.53 Å². The third-order valence-corrected chi connectivity index (χ3v) is 5.32. The number of aromatic nitrogens is 1. The predicted molar refractivity (Wildman–Crippen MR) is 111 cm³/mol. The van der Waals surface area contributed by atoms with Crippen molar-refractivity contribution in [2.24, 2.45) is 0 Å². The molecule has 2 N–H and O–H groups in total. The predicted octanol–water partition coefficient (Wildman–Crippen LogP) is 4.18. The number of carbonyl (C=O) groups excluding carboxylic acids is 2. The third kappa shape index (κ3) is 2.97. The van der Waals surface area contributed by atoms with Crippen molar-refractivity contribution in [1.29, 1.82) is 0 Å². The molecule has 0 unspecified atom stereocenters. The van der Waals surface area contributed by atoms with Crippen molar-refractivity contribution in [3.63, 3.8) is 0 Å². The van der Waals surface area contributed by atoms with Crippen LogP contribution in [0.5, 0.6) is 5.75 Å². The summed E-state index contributed by atoms with van der Waals surface area (Å²) in [6.07, 6.45) is 0. The SMILES string of the molecule is COC(=O)c1c(C)[nH]c(-c2ccccc2OC)c1[C@H]1C(=O)Nc2ccc(C)cc21. The van der Waals surface area contributed by atoms with Gasteiger partial charge in [0.1, 0.15) is 5.75 Å². The molecule has 0 bridgehead atoms. The fraction of sp³-hybridized carbons (Fsp3) is 0.217. The minimum atomic E-state index is -0.635. The maximum absolute atomic E-state index is 13.0. The zero-order chi connectivity index (χ0) is 20.7. The van der Waals surface area contributed by atoms with Gasteiger partial charge in [-0.3, -0.25) is 4.79 Å². The zero-order valence-electron chi connectivity index (χ0n) is 16.8. The highest BCUT2D eigenvalue weighted by Crippen LogP contribution is 2.45. The molecule has 1 aliphatic heterocycles. The van der Waals surface area contributed by atoms with Crippen LogP contribution in [0.4, 0.5) is 5.69 Å². The van der Waals surface area contributed by atoms with Crippen LogP contribution in [0.2, 0.25) is 0 Å². The van der Waals surface area contributed by atoms with Crippen LogP contribution < -0.4 is 10.1 Å². The Kier molecular flexibility index (Phi) is 4.62. The normalized spacial score (nSPS) is 15.0. The second-order valence-electron chi connectivity index (χ2n) is 7.12. The van der Waals surface area contributed by atoms with Gasteiger partial charge in [-0.1, -0.05) is 29.8 Å². The van der Waals surface area contributed by atoms with Crippen molar-refractivity contribution >= 4 is 17.6 Å². The van der Waals surface area contributed by atoms with Gasteiger partial charge in [0.15, 0.2) is 0 Å². The van der Waals surface area contributed by atoms with Crippen LogP contribution in [0.3, 0.4) is 0 Å². The largest absolute Gasteiger partial charge is 0.496 e. The number of esters is 1. The summed E-state index contributed by atoms with van der Waals surface area (Å²) in [7, 11) is 2.94. The van der Waals surface area contributed by atoms with Gasteiger partial charge in [0.25, 0.3) is 0 Å². The first kappa shape index (κ1) is 18.8. The van der Waals surface area contributed by atoms with Crippen molar-refractivity contribution in [2.45, 2.75) is 19.8 Å². The van der Waals surface area contributed by atoms with Crippen molar-refractivity contribution in [2.75, 3.05) is 19.5 Å². The minimum Gasteiger partial charge on any atom is -0.496 e. The molecule has 1 amide bonds. The van der Waals surface area contributed by atoms with Crippen LogP contribution in [0.1, 0.15) is 38.7 Å². The van der Waals surface area contributed by atoms with E-state index in [0.717, 1.165) is 22.4 Å². The fourth-order valence-corrected chi connectivity index (χ4v) is 4.03. The summed E-state index contributed by atoms with van der Waals surface area (Å²) >= 11 is 0. The van der Waals surface area contributed by atoms with Crippen LogP contribution >= 0.6 is 0 Å². The molecule has 2 heterocycles. The standard InChI is InChI=1S/C23H22N2O4/c1-12-9-10-16-15(11-12)19(22(26)25-16)20-18(23(27)29-4)13(2)24-21(20)14-7-5-6-8-17(14)28-3/h5-11,19,24H,1-4H3,(H,25,26)/t19-/m0/s1. The van der Waals surface area contributed by atoms with Gasteiger partial charge in [0.05, 0.1) is 31.4 Å². The molecule has 0 saturated heterocycles. The molecule has 1 aromatic heterocycles. The van der Waals surface area contributed by atoms with E-state index >= 15 is 0 Å². The number of aryl methyl sites for hydroxylation is 2. The number of methoxy groups -OCH3 is 2. The second kappa shape index (κ2) is 7.13. The molecule has 6 nitrogen and oxygen atoms in total. The molecule has 0 aliphatic carbocycles. The lowest BCUT2D eigenvalue weighted by Crippen LogP contribution is -2.17. The molecule has 6 heteroatoms. The van der Waals surface area contributed by atoms with Gasteiger partial charge in [0, 0.05) is 22.5 Å². The molecule has 0 radical (unpaired) electrons. The second-order valence-corrected chi connectivity index (χ2v) is 7.12. The highest BCUT2D eigenvalue weighted by molar-refractivity contribution is 6.09. The van der Waals surface area contributed by atoms with E-state index in [9.17, 15) is 9.59 Å². The van der Waals surface area contributed by atoms with Gasteiger partial charge in [-0.05, 0) is 37.6 Å². The Balaban J connectivity index is 2.04. The topological polar surface area (TPSA) is 80.4 Å². The minimum absolute atomic E-state index is 0.175. The van der Waals surface area contributed by atoms with Crippen molar-refractivity contribution in [1.82, 2.24) is 4.98 Å². The van der Waals surface area contributed by atoms with Crippen LogP contribution in [0.15, 0.2) is 42.5 Å². The molecule has 1 aliphatic rings. The van der Waals surface area contributed by atoms with E-state index in [4.69, 9.17) is 9.47 Å². The lowest BCUT2D eigenvalue weighted by atomic mass is 9.87. The zero-order valence-corrected chi connectivity index (χ0v) is 16.8. The molecular weight excluding hydrogens is 368 g/mol. The van der Waals surface area contributed by atoms with E-state index < -0.39 is 11.9 Å². The maximum atomic E-state index is 13.0. The Morgan fingerprint density at radius 2 is 1.83 bits per heavy atom. The number of H-pyrrole nitrogens is 1. The van der Waals surface area contributed by atoms with Crippen molar-refractivity contribution < 1.29 is 19.1 Å². The van der Waals surface area contributed by atoms with Crippen molar-refractivity contribution in [3.8, 4) is 17.0 Å². The number of ether oxygens (including phenoxy) is 2. The first-order valence-electron chi connectivity index (χ1n) is 9.31. The Morgan fingerprint density at radius 3 is 2.55 bits per heavy atom. The number of carbonyl (C=O) groups is 2. The molecular formula is C23H22N2O4. The quantitative estimate of drug-likeness (QED) is 0.655. The molecule has 0 saturated carbocycles. The van der Waals surface area contributed by atoms with E-state index in [1.54, 1.807) is 14.0 Å².